The van der Waals surface area contributed by atoms with E-state index in [0.29, 0.717) is 24.4 Å². The van der Waals surface area contributed by atoms with E-state index in [1.165, 1.54) is 32.1 Å². The molecule has 3 unspecified atom stereocenters. The highest BCUT2D eigenvalue weighted by Gasteiger charge is 2.34. The lowest BCUT2D eigenvalue weighted by Crippen LogP contribution is -2.50. The first kappa shape index (κ1) is 14.3. The summed E-state index contributed by atoms with van der Waals surface area (Å²) < 4.78 is 0. The van der Waals surface area contributed by atoms with Crippen molar-refractivity contribution in [1.82, 2.24) is 10.2 Å². The fourth-order valence-electron chi connectivity index (χ4n) is 3.52. The molecule has 2 N–H and O–H groups in total. The molecule has 0 aromatic heterocycles. The normalized spacial score (nSPS) is 32.8. The van der Waals surface area contributed by atoms with E-state index >= 15 is 0 Å². The highest BCUT2D eigenvalue weighted by Crippen LogP contribution is 2.36. The first-order valence-electron chi connectivity index (χ1n) is 8.25. The average molecular weight is 277 g/mol. The molecule has 3 fully saturated rings. The van der Waals surface area contributed by atoms with E-state index in [9.17, 15) is 5.11 Å². The van der Waals surface area contributed by atoms with Gasteiger partial charge < -0.3 is 10.4 Å². The van der Waals surface area contributed by atoms with Gasteiger partial charge >= 0.3 is 0 Å². The predicted octanol–water partition coefficient (Wildman–Crippen LogP) is 1.36. The molecule has 112 valence electrons. The third-order valence-corrected chi connectivity index (χ3v) is 5.04. The Kier molecular flexibility index (Phi) is 4.60. The van der Waals surface area contributed by atoms with Crippen molar-refractivity contribution in [3.8, 4) is 6.07 Å². The number of nitriles is 1. The number of nitrogens with one attached hydrogen (secondary N) is 1. The lowest BCUT2D eigenvalue weighted by molar-refractivity contribution is 0.0795. The smallest absolute Gasteiger partial charge is 0.0866 e. The molecular weight excluding hydrogens is 250 g/mol. The molecular formula is C16H27N3O. The van der Waals surface area contributed by atoms with Gasteiger partial charge in [-0.2, -0.15) is 5.26 Å². The minimum atomic E-state index is -0.105. The molecule has 3 rings (SSSR count). The van der Waals surface area contributed by atoms with Crippen LogP contribution in [-0.4, -0.2) is 48.3 Å². The van der Waals surface area contributed by atoms with Gasteiger partial charge in [-0.05, 0) is 62.8 Å². The van der Waals surface area contributed by atoms with Crippen molar-refractivity contribution in [3.63, 3.8) is 0 Å². The Bertz CT molecular complexity index is 359. The van der Waals surface area contributed by atoms with Crippen molar-refractivity contribution < 1.29 is 5.11 Å². The summed E-state index contributed by atoms with van der Waals surface area (Å²) in [5.41, 5.74) is 0. The Morgan fingerprint density at radius 2 is 2.00 bits per heavy atom. The lowest BCUT2D eigenvalue weighted by atomic mass is 9.88. The molecule has 2 saturated carbocycles. The summed E-state index contributed by atoms with van der Waals surface area (Å²) in [6.07, 6.45) is 7.16. The third kappa shape index (κ3) is 4.18. The SMILES string of the molecule is N#CCN1CC(CC(O)C2CC2)CC(NCC2CC2)C1. The summed E-state index contributed by atoms with van der Waals surface area (Å²) in [6, 6.07) is 2.79. The largest absolute Gasteiger partial charge is 0.393 e. The molecule has 0 aromatic rings. The van der Waals surface area contributed by atoms with E-state index in [2.05, 4.69) is 16.3 Å². The Morgan fingerprint density at radius 3 is 2.65 bits per heavy atom. The highest BCUT2D eigenvalue weighted by molar-refractivity contribution is 4.91. The predicted molar refractivity (Wildman–Crippen MR) is 78.0 cm³/mol. The maximum absolute atomic E-state index is 10.2. The van der Waals surface area contributed by atoms with Crippen LogP contribution in [0.1, 0.15) is 38.5 Å². The Hall–Kier alpha value is -0.630. The Balaban J connectivity index is 1.49. The monoisotopic (exact) mass is 277 g/mol. The van der Waals surface area contributed by atoms with Crippen LogP contribution in [0.25, 0.3) is 0 Å². The number of aliphatic hydroxyl groups excluding tert-OH is 1. The molecule has 1 aliphatic heterocycles. The molecule has 0 bridgehead atoms. The Morgan fingerprint density at radius 1 is 1.20 bits per heavy atom. The van der Waals surface area contributed by atoms with Gasteiger partial charge in [0.2, 0.25) is 0 Å². The van der Waals surface area contributed by atoms with Crippen LogP contribution in [0.15, 0.2) is 0 Å². The molecule has 2 aliphatic carbocycles. The minimum absolute atomic E-state index is 0.105. The third-order valence-electron chi connectivity index (χ3n) is 5.04. The molecule has 3 aliphatic rings. The maximum atomic E-state index is 10.2. The second kappa shape index (κ2) is 6.43. The van der Waals surface area contributed by atoms with E-state index in [0.717, 1.165) is 32.0 Å². The van der Waals surface area contributed by atoms with E-state index in [4.69, 9.17) is 5.26 Å². The topological polar surface area (TPSA) is 59.3 Å². The number of piperidine rings is 1. The van der Waals surface area contributed by atoms with Crippen molar-refractivity contribution in [2.24, 2.45) is 17.8 Å². The van der Waals surface area contributed by atoms with Gasteiger partial charge in [-0.15, -0.1) is 0 Å². The van der Waals surface area contributed by atoms with Crippen LogP contribution >= 0.6 is 0 Å². The Labute approximate surface area is 122 Å². The molecule has 3 atom stereocenters. The molecule has 1 saturated heterocycles. The van der Waals surface area contributed by atoms with Crippen molar-refractivity contribution in [3.05, 3.63) is 0 Å². The molecule has 4 heteroatoms. The standard InChI is InChI=1S/C16H27N3O/c17-5-6-19-10-13(8-16(20)14-3-4-14)7-15(11-19)18-9-12-1-2-12/h12-16,18,20H,1-4,6-11H2. The van der Waals surface area contributed by atoms with E-state index < -0.39 is 0 Å². The molecule has 0 radical (unpaired) electrons. The fourth-order valence-corrected chi connectivity index (χ4v) is 3.52. The zero-order valence-corrected chi connectivity index (χ0v) is 12.3. The second-order valence-corrected chi connectivity index (χ2v) is 7.14. The number of likely N-dealkylation sites (tertiary alicyclic amines) is 1. The van der Waals surface area contributed by atoms with Crippen molar-refractivity contribution in [2.75, 3.05) is 26.2 Å². The van der Waals surface area contributed by atoms with Gasteiger partial charge in [0, 0.05) is 19.1 Å². The first-order chi connectivity index (χ1) is 9.74. The summed E-state index contributed by atoms with van der Waals surface area (Å²) in [5.74, 6) is 2.01. The summed E-state index contributed by atoms with van der Waals surface area (Å²) in [5, 5.41) is 22.8. The molecule has 20 heavy (non-hydrogen) atoms. The number of aliphatic hydroxyl groups is 1. The number of hydrogen-bond donors (Lipinski definition) is 2. The van der Waals surface area contributed by atoms with E-state index in [1.807, 2.05) is 0 Å². The summed E-state index contributed by atoms with van der Waals surface area (Å²) in [7, 11) is 0. The molecule has 0 amide bonds. The molecule has 0 aromatic carbocycles. The van der Waals surface area contributed by atoms with E-state index in [-0.39, 0.29) is 6.10 Å². The van der Waals surface area contributed by atoms with Crippen LogP contribution in [0.5, 0.6) is 0 Å². The van der Waals surface area contributed by atoms with E-state index in [1.54, 1.807) is 0 Å². The van der Waals surface area contributed by atoms with Gasteiger partial charge in [0.25, 0.3) is 0 Å². The van der Waals surface area contributed by atoms with Crippen LogP contribution in [0.3, 0.4) is 0 Å². The molecule has 0 spiro atoms. The molecule has 4 nitrogen and oxygen atoms in total. The number of rotatable bonds is 7. The van der Waals surface area contributed by atoms with Crippen LogP contribution < -0.4 is 5.32 Å². The van der Waals surface area contributed by atoms with Gasteiger partial charge in [-0.25, -0.2) is 0 Å². The van der Waals surface area contributed by atoms with Crippen LogP contribution in [0.4, 0.5) is 0 Å². The van der Waals surface area contributed by atoms with Crippen molar-refractivity contribution in [1.29, 1.82) is 5.26 Å². The summed E-state index contributed by atoms with van der Waals surface area (Å²) in [6.45, 7) is 3.65. The van der Waals surface area contributed by atoms with Gasteiger partial charge in [-0.1, -0.05) is 0 Å². The van der Waals surface area contributed by atoms with Crippen LogP contribution in [-0.2, 0) is 0 Å². The van der Waals surface area contributed by atoms with Crippen LogP contribution in [0, 0.1) is 29.1 Å². The van der Waals surface area contributed by atoms with Gasteiger partial charge in [0.15, 0.2) is 0 Å². The van der Waals surface area contributed by atoms with Gasteiger partial charge in [0.1, 0.15) is 0 Å². The van der Waals surface area contributed by atoms with Gasteiger partial charge in [0.05, 0.1) is 18.7 Å². The lowest BCUT2D eigenvalue weighted by Gasteiger charge is -2.38. The fraction of sp³-hybridized carbons (Fsp3) is 0.938. The average Bonchev–Trinajstić information content (AvgIpc) is 3.29. The zero-order valence-electron chi connectivity index (χ0n) is 12.3. The van der Waals surface area contributed by atoms with Crippen molar-refractivity contribution in [2.45, 2.75) is 50.7 Å². The zero-order chi connectivity index (χ0) is 13.9. The highest BCUT2D eigenvalue weighted by atomic mass is 16.3. The van der Waals surface area contributed by atoms with Gasteiger partial charge in [-0.3, -0.25) is 4.90 Å². The summed E-state index contributed by atoms with van der Waals surface area (Å²) in [4.78, 5) is 2.26. The van der Waals surface area contributed by atoms with Crippen molar-refractivity contribution >= 4 is 0 Å². The quantitative estimate of drug-likeness (QED) is 0.690. The minimum Gasteiger partial charge on any atom is -0.393 e. The number of hydrogen-bond acceptors (Lipinski definition) is 4. The first-order valence-corrected chi connectivity index (χ1v) is 8.25. The summed E-state index contributed by atoms with van der Waals surface area (Å²) >= 11 is 0. The van der Waals surface area contributed by atoms with Crippen LogP contribution in [0.2, 0.25) is 0 Å². The number of nitrogens with zero attached hydrogens (tertiary/aromatic N) is 2. The molecule has 1 heterocycles. The second-order valence-electron chi connectivity index (χ2n) is 7.14. The maximum Gasteiger partial charge on any atom is 0.0866 e.